The van der Waals surface area contributed by atoms with Gasteiger partial charge in [0.25, 0.3) is 0 Å². The van der Waals surface area contributed by atoms with Crippen LogP contribution in [-0.2, 0) is 10.5 Å². The molecule has 1 N–H and O–H groups in total. The Morgan fingerprint density at radius 3 is 2.91 bits per heavy atom. The molecule has 22 heavy (non-hydrogen) atoms. The number of nitrogens with one attached hydrogen (secondary N) is 1. The maximum absolute atomic E-state index is 12.1. The molecule has 0 spiro atoms. The molecule has 0 aliphatic carbocycles. The largest absolute Gasteiger partial charge is 0.348 e. The molecule has 120 valence electrons. The highest BCUT2D eigenvalue weighted by Gasteiger charge is 2.17. The SMILES string of the molecule is Cc1nc(CSCC(=O)N[C@H](CC(C)C)c2cccs2)no1. The zero-order chi connectivity index (χ0) is 15.9. The van der Waals surface area contributed by atoms with Crippen LogP contribution in [0.2, 0.25) is 0 Å². The summed E-state index contributed by atoms with van der Waals surface area (Å²) in [6, 6.07) is 4.19. The van der Waals surface area contributed by atoms with Gasteiger partial charge in [-0.15, -0.1) is 23.1 Å². The number of hydrogen-bond donors (Lipinski definition) is 1. The maximum atomic E-state index is 12.1. The summed E-state index contributed by atoms with van der Waals surface area (Å²) in [5.41, 5.74) is 0. The average molecular weight is 339 g/mol. The van der Waals surface area contributed by atoms with E-state index in [0.717, 1.165) is 6.42 Å². The van der Waals surface area contributed by atoms with Crippen molar-refractivity contribution < 1.29 is 9.32 Å². The Morgan fingerprint density at radius 2 is 2.32 bits per heavy atom. The molecule has 0 aliphatic rings. The van der Waals surface area contributed by atoms with Gasteiger partial charge in [0.1, 0.15) is 0 Å². The molecule has 7 heteroatoms. The molecule has 0 aromatic carbocycles. The molecule has 2 heterocycles. The van der Waals surface area contributed by atoms with Crippen molar-refractivity contribution in [2.75, 3.05) is 5.75 Å². The van der Waals surface area contributed by atoms with E-state index in [1.54, 1.807) is 18.3 Å². The molecule has 1 amide bonds. The van der Waals surface area contributed by atoms with Crippen LogP contribution in [0.4, 0.5) is 0 Å². The number of nitrogens with zero attached hydrogens (tertiary/aromatic N) is 2. The zero-order valence-electron chi connectivity index (χ0n) is 13.0. The number of thiophene rings is 1. The molecular weight excluding hydrogens is 318 g/mol. The summed E-state index contributed by atoms with van der Waals surface area (Å²) >= 11 is 3.18. The van der Waals surface area contributed by atoms with Gasteiger partial charge in [-0.3, -0.25) is 4.79 Å². The summed E-state index contributed by atoms with van der Waals surface area (Å²) in [6.45, 7) is 6.09. The van der Waals surface area contributed by atoms with Crippen LogP contribution in [0.15, 0.2) is 22.0 Å². The molecule has 2 rings (SSSR count). The van der Waals surface area contributed by atoms with Crippen molar-refractivity contribution in [3.05, 3.63) is 34.1 Å². The van der Waals surface area contributed by atoms with Gasteiger partial charge in [-0.25, -0.2) is 0 Å². The molecular formula is C15H21N3O2S2. The lowest BCUT2D eigenvalue weighted by Gasteiger charge is -2.19. The normalized spacial score (nSPS) is 12.5. The Bertz CT molecular complexity index is 581. The van der Waals surface area contributed by atoms with Gasteiger partial charge < -0.3 is 9.84 Å². The molecule has 0 radical (unpaired) electrons. The minimum absolute atomic E-state index is 0.0456. The molecule has 5 nitrogen and oxygen atoms in total. The van der Waals surface area contributed by atoms with Gasteiger partial charge in [0.05, 0.1) is 17.5 Å². The van der Waals surface area contributed by atoms with Crippen LogP contribution in [0.1, 0.15) is 42.9 Å². The number of aryl methyl sites for hydroxylation is 1. The third-order valence-electron chi connectivity index (χ3n) is 2.96. The number of hydrogen-bond acceptors (Lipinski definition) is 6. The number of thioether (sulfide) groups is 1. The van der Waals surface area contributed by atoms with E-state index in [-0.39, 0.29) is 11.9 Å². The van der Waals surface area contributed by atoms with E-state index < -0.39 is 0 Å². The van der Waals surface area contributed by atoms with E-state index >= 15 is 0 Å². The van der Waals surface area contributed by atoms with Crippen molar-refractivity contribution >= 4 is 29.0 Å². The number of rotatable bonds is 8. The Balaban J connectivity index is 1.80. The second-order valence-electron chi connectivity index (χ2n) is 5.49. The Morgan fingerprint density at radius 1 is 1.50 bits per heavy atom. The minimum Gasteiger partial charge on any atom is -0.348 e. The molecule has 1 atom stereocenters. The highest BCUT2D eigenvalue weighted by Crippen LogP contribution is 2.25. The first-order chi connectivity index (χ1) is 10.5. The van der Waals surface area contributed by atoms with Gasteiger partial charge in [-0.2, -0.15) is 4.98 Å². The summed E-state index contributed by atoms with van der Waals surface area (Å²) in [5.74, 6) is 2.74. The van der Waals surface area contributed by atoms with Gasteiger partial charge in [0.15, 0.2) is 5.82 Å². The van der Waals surface area contributed by atoms with E-state index in [9.17, 15) is 4.79 Å². The smallest absolute Gasteiger partial charge is 0.230 e. The van der Waals surface area contributed by atoms with Gasteiger partial charge >= 0.3 is 0 Å². The lowest BCUT2D eigenvalue weighted by Crippen LogP contribution is -2.30. The van der Waals surface area contributed by atoms with Crippen LogP contribution >= 0.6 is 23.1 Å². The van der Waals surface area contributed by atoms with Crippen LogP contribution in [0.5, 0.6) is 0 Å². The first-order valence-electron chi connectivity index (χ1n) is 7.24. The summed E-state index contributed by atoms with van der Waals surface area (Å²) in [5, 5.41) is 8.99. The standard InChI is InChI=1S/C15H21N3O2S2/c1-10(2)7-12(13-5-4-6-22-13)17-15(19)9-21-8-14-16-11(3)20-18-14/h4-6,10,12H,7-9H2,1-3H3,(H,17,19)/t12-/m1/s1. The Kier molecular flexibility index (Phi) is 6.45. The molecule has 0 fully saturated rings. The highest BCUT2D eigenvalue weighted by molar-refractivity contribution is 7.99. The third-order valence-corrected chi connectivity index (χ3v) is 4.88. The van der Waals surface area contributed by atoms with Crippen molar-refractivity contribution in [3.8, 4) is 0 Å². The summed E-state index contributed by atoms with van der Waals surface area (Å²) in [4.78, 5) is 17.5. The van der Waals surface area contributed by atoms with Crippen molar-refractivity contribution in [3.63, 3.8) is 0 Å². The van der Waals surface area contributed by atoms with E-state index in [4.69, 9.17) is 4.52 Å². The number of carbonyl (C=O) groups excluding carboxylic acids is 1. The van der Waals surface area contributed by atoms with Crippen molar-refractivity contribution in [1.82, 2.24) is 15.5 Å². The molecule has 0 saturated carbocycles. The molecule has 0 unspecified atom stereocenters. The second-order valence-corrected chi connectivity index (χ2v) is 7.45. The Labute approximate surface area is 138 Å². The van der Waals surface area contributed by atoms with E-state index in [1.165, 1.54) is 16.6 Å². The Hall–Kier alpha value is -1.34. The van der Waals surface area contributed by atoms with Gasteiger partial charge in [0.2, 0.25) is 11.8 Å². The number of carbonyl (C=O) groups is 1. The van der Waals surface area contributed by atoms with E-state index in [1.807, 2.05) is 11.4 Å². The third kappa shape index (κ3) is 5.46. The van der Waals surface area contributed by atoms with Gasteiger partial charge in [0, 0.05) is 11.8 Å². The monoisotopic (exact) mass is 339 g/mol. The van der Waals surface area contributed by atoms with E-state index in [0.29, 0.717) is 29.1 Å². The van der Waals surface area contributed by atoms with Crippen LogP contribution in [0, 0.1) is 12.8 Å². The summed E-state index contributed by atoms with van der Waals surface area (Å²) < 4.78 is 4.91. The van der Waals surface area contributed by atoms with Crippen LogP contribution in [-0.4, -0.2) is 21.8 Å². The summed E-state index contributed by atoms with van der Waals surface area (Å²) in [6.07, 6.45) is 0.945. The van der Waals surface area contributed by atoms with Crippen LogP contribution in [0.3, 0.4) is 0 Å². The topological polar surface area (TPSA) is 68.0 Å². The van der Waals surface area contributed by atoms with Crippen molar-refractivity contribution in [1.29, 1.82) is 0 Å². The lowest BCUT2D eigenvalue weighted by molar-refractivity contribution is -0.119. The zero-order valence-corrected chi connectivity index (χ0v) is 14.7. The van der Waals surface area contributed by atoms with Gasteiger partial charge in [-0.1, -0.05) is 25.1 Å². The first kappa shape index (κ1) is 17.0. The quantitative estimate of drug-likeness (QED) is 0.796. The average Bonchev–Trinajstić information content (AvgIpc) is 3.09. The number of amides is 1. The van der Waals surface area contributed by atoms with Crippen LogP contribution < -0.4 is 5.32 Å². The molecule has 0 saturated heterocycles. The van der Waals surface area contributed by atoms with E-state index in [2.05, 4.69) is 35.4 Å². The van der Waals surface area contributed by atoms with Crippen molar-refractivity contribution in [2.24, 2.45) is 5.92 Å². The van der Waals surface area contributed by atoms with Crippen molar-refractivity contribution in [2.45, 2.75) is 39.0 Å². The predicted octanol–water partition coefficient (Wildman–Crippen LogP) is 3.58. The lowest BCUT2D eigenvalue weighted by atomic mass is 10.0. The fraction of sp³-hybridized carbons (Fsp3) is 0.533. The molecule has 2 aromatic rings. The minimum atomic E-state index is 0.0456. The molecule has 2 aromatic heterocycles. The fourth-order valence-corrected chi connectivity index (χ4v) is 3.54. The van der Waals surface area contributed by atoms with Gasteiger partial charge in [-0.05, 0) is 23.8 Å². The molecule has 0 aliphatic heterocycles. The molecule has 0 bridgehead atoms. The first-order valence-corrected chi connectivity index (χ1v) is 9.27. The second kappa shape index (κ2) is 8.33. The maximum Gasteiger partial charge on any atom is 0.230 e. The predicted molar refractivity (Wildman–Crippen MR) is 89.9 cm³/mol. The number of aromatic nitrogens is 2. The fourth-order valence-electron chi connectivity index (χ4n) is 2.08. The highest BCUT2D eigenvalue weighted by atomic mass is 32.2. The van der Waals surface area contributed by atoms with Crippen LogP contribution in [0.25, 0.3) is 0 Å². The summed E-state index contributed by atoms with van der Waals surface area (Å²) in [7, 11) is 0.